The Bertz CT molecular complexity index is 271. The van der Waals surface area contributed by atoms with Crippen molar-refractivity contribution in [3.63, 3.8) is 0 Å². The first kappa shape index (κ1) is 8.60. The van der Waals surface area contributed by atoms with Crippen molar-refractivity contribution in [3.8, 4) is 0 Å². The number of ketones is 2. The zero-order valence-electron chi connectivity index (χ0n) is 8.07. The van der Waals surface area contributed by atoms with E-state index in [2.05, 4.69) is 0 Å². The van der Waals surface area contributed by atoms with Gasteiger partial charge in [0, 0.05) is 12.8 Å². The lowest BCUT2D eigenvalue weighted by atomic mass is 9.84. The van der Waals surface area contributed by atoms with Gasteiger partial charge in [-0.1, -0.05) is 0 Å². The molecule has 0 aromatic carbocycles. The first-order valence-corrected chi connectivity index (χ1v) is 5.43. The average molecular weight is 194 g/mol. The van der Waals surface area contributed by atoms with Gasteiger partial charge >= 0.3 is 0 Å². The van der Waals surface area contributed by atoms with Gasteiger partial charge in [0.05, 0.1) is 18.1 Å². The molecule has 3 fully saturated rings. The summed E-state index contributed by atoms with van der Waals surface area (Å²) in [5.41, 5.74) is 0. The Hall–Kier alpha value is -0.700. The third kappa shape index (κ3) is 1.22. The fourth-order valence-corrected chi connectivity index (χ4v) is 3.17. The van der Waals surface area contributed by atoms with Crippen LogP contribution in [0, 0.1) is 11.8 Å². The van der Waals surface area contributed by atoms with E-state index in [-0.39, 0.29) is 29.7 Å². The minimum absolute atomic E-state index is 0.115. The van der Waals surface area contributed by atoms with E-state index in [1.165, 1.54) is 0 Å². The van der Waals surface area contributed by atoms with Crippen LogP contribution in [0.25, 0.3) is 0 Å². The van der Waals surface area contributed by atoms with Gasteiger partial charge in [-0.3, -0.25) is 9.59 Å². The van der Waals surface area contributed by atoms with Gasteiger partial charge in [0.15, 0.2) is 0 Å². The lowest BCUT2D eigenvalue weighted by Gasteiger charge is -2.32. The summed E-state index contributed by atoms with van der Waals surface area (Å²) < 4.78 is 5.77. The number of ether oxygens (including phenoxy) is 1. The van der Waals surface area contributed by atoms with Crippen LogP contribution in [0.2, 0.25) is 0 Å². The zero-order valence-corrected chi connectivity index (χ0v) is 8.07. The molecule has 1 aliphatic carbocycles. The minimum atomic E-state index is -0.324. The van der Waals surface area contributed by atoms with Gasteiger partial charge < -0.3 is 4.74 Å². The Kier molecular flexibility index (Phi) is 1.78. The van der Waals surface area contributed by atoms with Crippen LogP contribution in [0.5, 0.6) is 0 Å². The van der Waals surface area contributed by atoms with Crippen LogP contribution in [-0.2, 0) is 14.3 Å². The second kappa shape index (κ2) is 2.89. The molecule has 0 N–H and O–H groups in total. The summed E-state index contributed by atoms with van der Waals surface area (Å²) in [5, 5.41) is 0. The molecule has 3 aliphatic rings. The van der Waals surface area contributed by atoms with Crippen molar-refractivity contribution in [3.05, 3.63) is 0 Å². The van der Waals surface area contributed by atoms with Crippen molar-refractivity contribution in [2.45, 2.75) is 44.3 Å². The molecule has 0 aromatic heterocycles. The van der Waals surface area contributed by atoms with Crippen molar-refractivity contribution in [2.24, 2.45) is 11.8 Å². The highest BCUT2D eigenvalue weighted by molar-refractivity contribution is 6.03. The van der Waals surface area contributed by atoms with E-state index in [9.17, 15) is 9.59 Å². The second-order valence-electron chi connectivity index (χ2n) is 4.85. The van der Waals surface area contributed by atoms with Crippen LogP contribution in [-0.4, -0.2) is 23.8 Å². The average Bonchev–Trinajstić information content (AvgIpc) is 2.29. The van der Waals surface area contributed by atoms with E-state index in [1.807, 2.05) is 0 Å². The van der Waals surface area contributed by atoms with Crippen LogP contribution >= 0.6 is 0 Å². The topological polar surface area (TPSA) is 43.4 Å². The molecular formula is C11H14O3. The number of Topliss-reactive ketones (excluding diaryl/α,β-unsaturated/α-hetero) is 2. The van der Waals surface area contributed by atoms with Crippen LogP contribution < -0.4 is 0 Å². The Balaban J connectivity index is 1.99. The SMILES string of the molecule is O=C1CC2CC3CC(=O)C1CC(C2)O3. The predicted molar refractivity (Wildman–Crippen MR) is 48.7 cm³/mol. The maximum Gasteiger partial charge on any atom is 0.146 e. The zero-order chi connectivity index (χ0) is 9.71. The molecule has 2 saturated heterocycles. The smallest absolute Gasteiger partial charge is 0.146 e. The largest absolute Gasteiger partial charge is 0.374 e. The Morgan fingerprint density at radius 3 is 2.50 bits per heavy atom. The van der Waals surface area contributed by atoms with Gasteiger partial charge in [-0.2, -0.15) is 0 Å². The molecule has 4 unspecified atom stereocenters. The number of hydrogen-bond acceptors (Lipinski definition) is 3. The molecule has 2 heterocycles. The molecule has 3 rings (SSSR count). The number of carbonyl (C=O) groups is 2. The summed E-state index contributed by atoms with van der Waals surface area (Å²) in [4.78, 5) is 23.5. The van der Waals surface area contributed by atoms with E-state index in [0.29, 0.717) is 25.2 Å². The van der Waals surface area contributed by atoms with E-state index < -0.39 is 0 Å². The van der Waals surface area contributed by atoms with Crippen LogP contribution in [0.1, 0.15) is 32.1 Å². The fraction of sp³-hybridized carbons (Fsp3) is 0.818. The summed E-state index contributed by atoms with van der Waals surface area (Å²) in [6.07, 6.45) is 3.96. The third-order valence-electron chi connectivity index (χ3n) is 3.77. The molecule has 76 valence electrons. The minimum Gasteiger partial charge on any atom is -0.374 e. The number of hydrogen-bond donors (Lipinski definition) is 0. The summed E-state index contributed by atoms with van der Waals surface area (Å²) in [5.74, 6) is 0.467. The maximum atomic E-state index is 11.7. The summed E-state index contributed by atoms with van der Waals surface area (Å²) >= 11 is 0. The Morgan fingerprint density at radius 1 is 0.929 bits per heavy atom. The molecule has 3 heteroatoms. The molecule has 2 aliphatic heterocycles. The van der Waals surface area contributed by atoms with Crippen molar-refractivity contribution in [1.29, 1.82) is 0 Å². The van der Waals surface area contributed by atoms with Crippen molar-refractivity contribution >= 4 is 11.6 Å². The standard InChI is InChI=1S/C11H14O3/c12-10-3-6-1-7-4-9(10)11(13)5-8(2-6)14-7/h6-9H,1-5H2. The molecule has 0 spiro atoms. The van der Waals surface area contributed by atoms with Crippen molar-refractivity contribution in [2.75, 3.05) is 0 Å². The maximum absolute atomic E-state index is 11.7. The van der Waals surface area contributed by atoms with E-state index in [4.69, 9.17) is 4.74 Å². The monoisotopic (exact) mass is 194 g/mol. The van der Waals surface area contributed by atoms with Crippen LogP contribution in [0.15, 0.2) is 0 Å². The normalized spacial score (nSPS) is 46.6. The van der Waals surface area contributed by atoms with Gasteiger partial charge in [-0.15, -0.1) is 0 Å². The van der Waals surface area contributed by atoms with Crippen molar-refractivity contribution in [1.82, 2.24) is 0 Å². The summed E-state index contributed by atoms with van der Waals surface area (Å²) in [7, 11) is 0. The quantitative estimate of drug-likeness (QED) is 0.542. The van der Waals surface area contributed by atoms with E-state index in [0.717, 1.165) is 12.8 Å². The lowest BCUT2D eigenvalue weighted by Crippen LogP contribution is -2.33. The molecule has 0 amide bonds. The fourth-order valence-electron chi connectivity index (χ4n) is 3.17. The Labute approximate surface area is 82.8 Å². The first-order chi connectivity index (χ1) is 6.72. The molecule has 0 aromatic rings. The lowest BCUT2D eigenvalue weighted by molar-refractivity contribution is -0.134. The molecule has 4 atom stereocenters. The summed E-state index contributed by atoms with van der Waals surface area (Å²) in [6.45, 7) is 0. The Morgan fingerprint density at radius 2 is 1.64 bits per heavy atom. The predicted octanol–water partition coefficient (Wildman–Crippen LogP) is 1.10. The number of rotatable bonds is 0. The third-order valence-corrected chi connectivity index (χ3v) is 3.77. The highest BCUT2D eigenvalue weighted by Gasteiger charge is 2.44. The van der Waals surface area contributed by atoms with Crippen LogP contribution in [0.3, 0.4) is 0 Å². The van der Waals surface area contributed by atoms with Gasteiger partial charge in [-0.05, 0) is 25.2 Å². The van der Waals surface area contributed by atoms with Gasteiger partial charge in [0.25, 0.3) is 0 Å². The van der Waals surface area contributed by atoms with Gasteiger partial charge in [-0.25, -0.2) is 0 Å². The highest BCUT2D eigenvalue weighted by Crippen LogP contribution is 2.40. The number of fused-ring (bicyclic) bond motifs is 3. The highest BCUT2D eigenvalue weighted by atomic mass is 16.5. The molecule has 4 bridgehead atoms. The van der Waals surface area contributed by atoms with Crippen molar-refractivity contribution < 1.29 is 14.3 Å². The number of carbonyl (C=O) groups excluding carboxylic acids is 2. The molecule has 0 radical (unpaired) electrons. The van der Waals surface area contributed by atoms with E-state index >= 15 is 0 Å². The van der Waals surface area contributed by atoms with Crippen LogP contribution in [0.4, 0.5) is 0 Å². The second-order valence-corrected chi connectivity index (χ2v) is 4.85. The molecule has 1 saturated carbocycles. The first-order valence-electron chi connectivity index (χ1n) is 5.43. The van der Waals surface area contributed by atoms with E-state index in [1.54, 1.807) is 0 Å². The molecular weight excluding hydrogens is 180 g/mol. The van der Waals surface area contributed by atoms with Gasteiger partial charge in [0.1, 0.15) is 11.6 Å². The molecule has 3 nitrogen and oxygen atoms in total. The summed E-state index contributed by atoms with van der Waals surface area (Å²) in [6, 6.07) is 0. The van der Waals surface area contributed by atoms with Gasteiger partial charge in [0.2, 0.25) is 0 Å². The molecule has 14 heavy (non-hydrogen) atoms.